The minimum Gasteiger partial charge on any atom is -0.342 e. The number of aromatic nitrogens is 2. The standard InChI is InChI=1S/C19H25N3OS2/c1-13(19(23)22-10-6-2-3-7-11-22)24-17-16-14-8-4-5-9-15(14)25-18(16)21-12-20-17/h12-13H,2-11H2,1H3/t13-/m1/s1. The van der Waals surface area contributed by atoms with Crippen molar-refractivity contribution in [2.75, 3.05) is 13.1 Å². The summed E-state index contributed by atoms with van der Waals surface area (Å²) in [5.41, 5.74) is 1.45. The molecule has 0 bridgehead atoms. The van der Waals surface area contributed by atoms with Gasteiger partial charge in [0, 0.05) is 23.4 Å². The molecule has 0 N–H and O–H groups in total. The number of likely N-dealkylation sites (tertiary alicyclic amines) is 1. The van der Waals surface area contributed by atoms with Gasteiger partial charge in [-0.05, 0) is 51.0 Å². The third-order valence-corrected chi connectivity index (χ3v) is 7.56. The second-order valence-electron chi connectivity index (χ2n) is 7.07. The lowest BCUT2D eigenvalue weighted by Crippen LogP contribution is -2.37. The van der Waals surface area contributed by atoms with E-state index < -0.39 is 0 Å². The van der Waals surface area contributed by atoms with Gasteiger partial charge in [0.1, 0.15) is 16.2 Å². The summed E-state index contributed by atoms with van der Waals surface area (Å²) in [6, 6.07) is 0. The van der Waals surface area contributed by atoms with Crippen LogP contribution in [0.2, 0.25) is 0 Å². The molecule has 1 amide bonds. The SMILES string of the molecule is C[C@@H](Sc1ncnc2sc3c(c12)CCCC3)C(=O)N1CCCCCC1. The lowest BCUT2D eigenvalue weighted by atomic mass is 9.97. The Morgan fingerprint density at radius 1 is 1.12 bits per heavy atom. The summed E-state index contributed by atoms with van der Waals surface area (Å²) in [7, 11) is 0. The van der Waals surface area contributed by atoms with E-state index in [0.717, 1.165) is 42.2 Å². The lowest BCUT2D eigenvalue weighted by molar-refractivity contribution is -0.130. The number of fused-ring (bicyclic) bond motifs is 3. The first-order valence-electron chi connectivity index (χ1n) is 9.45. The second kappa shape index (κ2) is 7.62. The van der Waals surface area contributed by atoms with Gasteiger partial charge in [-0.2, -0.15) is 0 Å². The summed E-state index contributed by atoms with van der Waals surface area (Å²) in [6.07, 6.45) is 11.3. The summed E-state index contributed by atoms with van der Waals surface area (Å²) >= 11 is 3.44. The molecular formula is C19H25N3OS2. The molecule has 1 atom stereocenters. The Balaban J connectivity index is 1.57. The van der Waals surface area contributed by atoms with E-state index >= 15 is 0 Å². The summed E-state index contributed by atoms with van der Waals surface area (Å²) in [4.78, 5) is 26.6. The summed E-state index contributed by atoms with van der Waals surface area (Å²) in [6.45, 7) is 3.86. The Labute approximate surface area is 157 Å². The molecule has 3 heterocycles. The molecule has 2 aliphatic rings. The van der Waals surface area contributed by atoms with E-state index in [2.05, 4.69) is 14.9 Å². The predicted octanol–water partition coefficient (Wildman–Crippen LogP) is 4.45. The number of amides is 1. The Morgan fingerprint density at radius 3 is 2.68 bits per heavy atom. The molecule has 0 unspecified atom stereocenters. The van der Waals surface area contributed by atoms with Crippen molar-refractivity contribution in [1.82, 2.24) is 14.9 Å². The maximum atomic E-state index is 12.9. The van der Waals surface area contributed by atoms with Gasteiger partial charge in [0.2, 0.25) is 5.91 Å². The highest BCUT2D eigenvalue weighted by molar-refractivity contribution is 8.00. The number of nitrogens with zero attached hydrogens (tertiary/aromatic N) is 3. The Bertz CT molecular complexity index is 765. The summed E-state index contributed by atoms with van der Waals surface area (Å²) < 4.78 is 0. The van der Waals surface area contributed by atoms with Crippen LogP contribution in [0.5, 0.6) is 0 Å². The van der Waals surface area contributed by atoms with Crippen LogP contribution < -0.4 is 0 Å². The fourth-order valence-corrected chi connectivity index (χ4v) is 6.24. The van der Waals surface area contributed by atoms with Gasteiger partial charge in [0.25, 0.3) is 0 Å². The zero-order valence-corrected chi connectivity index (χ0v) is 16.4. The minimum absolute atomic E-state index is 0.0876. The van der Waals surface area contributed by atoms with E-state index in [1.165, 1.54) is 47.9 Å². The largest absolute Gasteiger partial charge is 0.342 e. The maximum Gasteiger partial charge on any atom is 0.235 e. The summed E-state index contributed by atoms with van der Waals surface area (Å²) in [5.74, 6) is 0.266. The second-order valence-corrected chi connectivity index (χ2v) is 9.48. The van der Waals surface area contributed by atoms with Crippen molar-refractivity contribution in [2.45, 2.75) is 68.6 Å². The van der Waals surface area contributed by atoms with E-state index in [1.54, 1.807) is 18.1 Å². The van der Waals surface area contributed by atoms with E-state index in [0.29, 0.717) is 0 Å². The molecule has 1 saturated heterocycles. The number of hydrogen-bond donors (Lipinski definition) is 0. The van der Waals surface area contributed by atoms with Crippen molar-refractivity contribution in [3.8, 4) is 0 Å². The lowest BCUT2D eigenvalue weighted by Gasteiger charge is -2.23. The van der Waals surface area contributed by atoms with Gasteiger partial charge in [-0.15, -0.1) is 11.3 Å². The fraction of sp³-hybridized carbons (Fsp3) is 0.632. The van der Waals surface area contributed by atoms with E-state index in [1.807, 2.05) is 18.3 Å². The minimum atomic E-state index is -0.0876. The third-order valence-electron chi connectivity index (χ3n) is 5.27. The first kappa shape index (κ1) is 17.3. The number of thioether (sulfide) groups is 1. The average Bonchev–Trinajstić information content (AvgIpc) is 2.81. The monoisotopic (exact) mass is 375 g/mol. The highest BCUT2D eigenvalue weighted by atomic mass is 32.2. The van der Waals surface area contributed by atoms with Gasteiger partial charge in [-0.25, -0.2) is 9.97 Å². The molecule has 0 spiro atoms. The molecule has 1 aliphatic heterocycles. The molecular weight excluding hydrogens is 350 g/mol. The van der Waals surface area contributed by atoms with Crippen molar-refractivity contribution in [3.05, 3.63) is 16.8 Å². The molecule has 4 rings (SSSR count). The fourth-order valence-electron chi connectivity index (χ4n) is 3.92. The van der Waals surface area contributed by atoms with Crippen LogP contribution >= 0.6 is 23.1 Å². The van der Waals surface area contributed by atoms with Crippen molar-refractivity contribution < 1.29 is 4.79 Å². The van der Waals surface area contributed by atoms with Gasteiger partial charge >= 0.3 is 0 Å². The molecule has 4 nitrogen and oxygen atoms in total. The average molecular weight is 376 g/mol. The van der Waals surface area contributed by atoms with Crippen molar-refractivity contribution in [2.24, 2.45) is 0 Å². The zero-order valence-electron chi connectivity index (χ0n) is 14.8. The van der Waals surface area contributed by atoms with Crippen LogP contribution in [0.3, 0.4) is 0 Å². The number of rotatable bonds is 3. The number of aryl methyl sites for hydroxylation is 2. The van der Waals surface area contributed by atoms with Crippen LogP contribution in [0.25, 0.3) is 10.2 Å². The number of thiophene rings is 1. The molecule has 6 heteroatoms. The van der Waals surface area contributed by atoms with Crippen molar-refractivity contribution in [3.63, 3.8) is 0 Å². The van der Waals surface area contributed by atoms with Crippen LogP contribution in [0, 0.1) is 0 Å². The van der Waals surface area contributed by atoms with Crippen LogP contribution in [-0.4, -0.2) is 39.1 Å². The normalized spacial score (nSPS) is 19.5. The molecule has 1 aliphatic carbocycles. The molecule has 25 heavy (non-hydrogen) atoms. The van der Waals surface area contributed by atoms with Crippen molar-refractivity contribution in [1.29, 1.82) is 0 Å². The molecule has 134 valence electrons. The molecule has 0 radical (unpaired) electrons. The first-order chi connectivity index (χ1) is 12.2. The number of carbonyl (C=O) groups excluding carboxylic acids is 1. The van der Waals surface area contributed by atoms with Gasteiger partial charge in [-0.1, -0.05) is 24.6 Å². The quantitative estimate of drug-likeness (QED) is 0.587. The van der Waals surface area contributed by atoms with Gasteiger partial charge in [0.15, 0.2) is 0 Å². The topological polar surface area (TPSA) is 46.1 Å². The number of hydrogen-bond acceptors (Lipinski definition) is 5. The third kappa shape index (κ3) is 3.56. The molecule has 0 aromatic carbocycles. The highest BCUT2D eigenvalue weighted by Crippen LogP contribution is 2.40. The van der Waals surface area contributed by atoms with E-state index in [-0.39, 0.29) is 11.2 Å². The van der Waals surface area contributed by atoms with Crippen LogP contribution in [0.15, 0.2) is 11.4 Å². The molecule has 1 fully saturated rings. The van der Waals surface area contributed by atoms with Gasteiger partial charge < -0.3 is 4.90 Å². The van der Waals surface area contributed by atoms with Gasteiger partial charge in [0.05, 0.1) is 5.25 Å². The van der Waals surface area contributed by atoms with E-state index in [9.17, 15) is 4.79 Å². The Hall–Kier alpha value is -1.14. The summed E-state index contributed by atoms with van der Waals surface area (Å²) in [5, 5.41) is 2.14. The van der Waals surface area contributed by atoms with Gasteiger partial charge in [-0.3, -0.25) is 4.79 Å². The molecule has 0 saturated carbocycles. The number of carbonyl (C=O) groups is 1. The van der Waals surface area contributed by atoms with Crippen molar-refractivity contribution >= 4 is 39.2 Å². The Morgan fingerprint density at radius 2 is 1.88 bits per heavy atom. The first-order valence-corrected chi connectivity index (χ1v) is 11.1. The smallest absolute Gasteiger partial charge is 0.235 e. The van der Waals surface area contributed by atoms with Crippen LogP contribution in [-0.2, 0) is 17.6 Å². The molecule has 2 aromatic heterocycles. The predicted molar refractivity (Wildman–Crippen MR) is 104 cm³/mol. The van der Waals surface area contributed by atoms with Crippen LogP contribution in [0.4, 0.5) is 0 Å². The maximum absolute atomic E-state index is 12.9. The zero-order chi connectivity index (χ0) is 17.2. The van der Waals surface area contributed by atoms with E-state index in [4.69, 9.17) is 0 Å². The highest BCUT2D eigenvalue weighted by Gasteiger charge is 2.25. The van der Waals surface area contributed by atoms with Crippen LogP contribution in [0.1, 0.15) is 55.9 Å². The molecule has 2 aromatic rings. The Kier molecular flexibility index (Phi) is 5.27.